The summed E-state index contributed by atoms with van der Waals surface area (Å²) >= 11 is 0. The number of benzene rings is 1. The molecule has 6 nitrogen and oxygen atoms in total. The highest BCUT2D eigenvalue weighted by Gasteiger charge is 2.61. The lowest BCUT2D eigenvalue weighted by Crippen LogP contribution is -2.49. The summed E-state index contributed by atoms with van der Waals surface area (Å²) < 4.78 is 16.4. The highest BCUT2D eigenvalue weighted by molar-refractivity contribution is 5.85. The van der Waals surface area contributed by atoms with E-state index in [9.17, 15) is 14.7 Å². The van der Waals surface area contributed by atoms with Crippen LogP contribution in [0.25, 0.3) is 0 Å². The van der Waals surface area contributed by atoms with Crippen molar-refractivity contribution in [1.82, 2.24) is 0 Å². The normalized spacial score (nSPS) is 28.7. The number of hydrogen-bond acceptors (Lipinski definition) is 6. The number of aliphatic hydroxyl groups is 1. The van der Waals surface area contributed by atoms with Crippen molar-refractivity contribution in [2.45, 2.75) is 52.4 Å². The molecule has 3 atom stereocenters. The van der Waals surface area contributed by atoms with Crippen molar-refractivity contribution < 1.29 is 28.9 Å². The van der Waals surface area contributed by atoms with E-state index in [1.54, 1.807) is 6.92 Å². The van der Waals surface area contributed by atoms with Crippen LogP contribution in [0.2, 0.25) is 0 Å². The lowest BCUT2D eigenvalue weighted by Gasteiger charge is -2.35. The predicted octanol–water partition coefficient (Wildman–Crippen LogP) is 1.65. The second kappa shape index (κ2) is 4.46. The van der Waals surface area contributed by atoms with Crippen molar-refractivity contribution >= 4 is 11.9 Å². The number of ether oxygens (including phenoxy) is 3. The van der Waals surface area contributed by atoms with Gasteiger partial charge >= 0.3 is 11.9 Å². The Labute approximate surface area is 128 Å². The molecule has 1 aromatic rings. The van der Waals surface area contributed by atoms with E-state index in [1.807, 2.05) is 13.8 Å². The van der Waals surface area contributed by atoms with E-state index in [0.29, 0.717) is 22.6 Å². The molecule has 1 aromatic carbocycles. The highest BCUT2D eigenvalue weighted by atomic mass is 16.6. The van der Waals surface area contributed by atoms with Crippen molar-refractivity contribution in [3.05, 3.63) is 22.3 Å². The van der Waals surface area contributed by atoms with Crippen LogP contribution in [0.4, 0.5) is 0 Å². The average molecular weight is 306 g/mol. The summed E-state index contributed by atoms with van der Waals surface area (Å²) in [5.74, 6) is -0.0802. The minimum absolute atomic E-state index is 0.422. The minimum Gasteiger partial charge on any atom is -0.472 e. The zero-order chi connectivity index (χ0) is 16.4. The van der Waals surface area contributed by atoms with Crippen molar-refractivity contribution in [2.75, 3.05) is 0 Å². The van der Waals surface area contributed by atoms with E-state index in [-0.39, 0.29) is 0 Å². The zero-order valence-electron chi connectivity index (χ0n) is 13.1. The van der Waals surface area contributed by atoms with Gasteiger partial charge in [-0.25, -0.2) is 4.79 Å². The Morgan fingerprint density at radius 1 is 1.23 bits per heavy atom. The smallest absolute Gasteiger partial charge is 0.353 e. The van der Waals surface area contributed by atoms with Crippen LogP contribution in [-0.4, -0.2) is 28.8 Å². The number of hydrogen-bond donors (Lipinski definition) is 1. The van der Waals surface area contributed by atoms with Crippen molar-refractivity contribution in [3.63, 3.8) is 0 Å². The van der Waals surface area contributed by atoms with Gasteiger partial charge in [-0.2, -0.15) is 0 Å². The maximum Gasteiger partial charge on any atom is 0.353 e. The van der Waals surface area contributed by atoms with Crippen LogP contribution in [0.3, 0.4) is 0 Å². The fourth-order valence-electron chi connectivity index (χ4n) is 3.12. The van der Waals surface area contributed by atoms with E-state index >= 15 is 0 Å². The summed E-state index contributed by atoms with van der Waals surface area (Å²) in [6.07, 6.45) is -1.91. The van der Waals surface area contributed by atoms with Gasteiger partial charge in [-0.15, -0.1) is 0 Å². The molecule has 118 valence electrons. The first-order chi connectivity index (χ1) is 10.2. The Morgan fingerprint density at radius 2 is 1.86 bits per heavy atom. The first kappa shape index (κ1) is 14.8. The molecule has 0 saturated carbocycles. The van der Waals surface area contributed by atoms with Crippen molar-refractivity contribution in [2.24, 2.45) is 0 Å². The number of carbonyl (C=O) groups excluding carboxylic acids is 2. The monoisotopic (exact) mass is 306 g/mol. The van der Waals surface area contributed by atoms with Gasteiger partial charge in [-0.1, -0.05) is 0 Å². The predicted molar refractivity (Wildman–Crippen MR) is 75.8 cm³/mol. The molecule has 1 saturated heterocycles. The third-order valence-electron chi connectivity index (χ3n) is 4.57. The third kappa shape index (κ3) is 1.70. The molecule has 0 aromatic heterocycles. The van der Waals surface area contributed by atoms with Crippen molar-refractivity contribution in [3.8, 4) is 11.5 Å². The van der Waals surface area contributed by atoms with Gasteiger partial charge in [-0.3, -0.25) is 4.79 Å². The topological polar surface area (TPSA) is 82.1 Å². The van der Waals surface area contributed by atoms with Crippen molar-refractivity contribution in [1.29, 1.82) is 0 Å². The standard InChI is InChI=1S/C16H18O6/c1-6-7(2)12-10(8(3)11(6)20-9(4)17)13-14(18)16(5,22-12)15(19)21-13/h13-14,18H,1-5H3. The Morgan fingerprint density at radius 3 is 2.45 bits per heavy atom. The number of rotatable bonds is 1. The van der Waals surface area contributed by atoms with Crippen LogP contribution in [-0.2, 0) is 14.3 Å². The second-order valence-corrected chi connectivity index (χ2v) is 6.02. The van der Waals surface area contributed by atoms with E-state index in [0.717, 1.165) is 11.1 Å². The van der Waals surface area contributed by atoms with E-state index in [1.165, 1.54) is 13.8 Å². The van der Waals surface area contributed by atoms with Gasteiger partial charge in [0.05, 0.1) is 0 Å². The summed E-state index contributed by atoms with van der Waals surface area (Å²) in [5, 5.41) is 10.4. The largest absolute Gasteiger partial charge is 0.472 e. The summed E-state index contributed by atoms with van der Waals surface area (Å²) in [4.78, 5) is 23.4. The molecule has 2 aliphatic rings. The third-order valence-corrected chi connectivity index (χ3v) is 4.57. The number of aliphatic hydroxyl groups excluding tert-OH is 1. The Kier molecular flexibility index (Phi) is 3.01. The summed E-state index contributed by atoms with van der Waals surface area (Å²) in [7, 11) is 0. The van der Waals surface area contributed by atoms with Gasteiger partial charge in [0.1, 0.15) is 17.6 Å². The van der Waals surface area contributed by atoms with Crippen LogP contribution in [0.1, 0.15) is 42.2 Å². The summed E-state index contributed by atoms with van der Waals surface area (Å²) in [6.45, 7) is 8.25. The van der Waals surface area contributed by atoms with E-state index in [2.05, 4.69) is 0 Å². The first-order valence-corrected chi connectivity index (χ1v) is 7.08. The van der Waals surface area contributed by atoms with Gasteiger partial charge in [-0.05, 0) is 38.8 Å². The minimum atomic E-state index is -1.40. The molecular formula is C16H18O6. The molecule has 1 fully saturated rings. The fourth-order valence-corrected chi connectivity index (χ4v) is 3.12. The van der Waals surface area contributed by atoms with Crippen LogP contribution in [0, 0.1) is 20.8 Å². The van der Waals surface area contributed by atoms with Gasteiger partial charge in [0.25, 0.3) is 0 Å². The lowest BCUT2D eigenvalue weighted by atomic mass is 9.85. The Hall–Kier alpha value is -2.08. The Balaban J connectivity index is 2.27. The number of fused-ring (bicyclic) bond motifs is 4. The first-order valence-electron chi connectivity index (χ1n) is 7.08. The van der Waals surface area contributed by atoms with Crippen LogP contribution >= 0.6 is 0 Å². The Bertz CT molecular complexity index is 707. The van der Waals surface area contributed by atoms with Crippen LogP contribution in [0.15, 0.2) is 0 Å². The second-order valence-electron chi connectivity index (χ2n) is 6.02. The molecular weight excluding hydrogens is 288 g/mol. The lowest BCUT2D eigenvalue weighted by molar-refractivity contribution is -0.151. The molecule has 22 heavy (non-hydrogen) atoms. The van der Waals surface area contributed by atoms with Gasteiger partial charge in [0.2, 0.25) is 5.60 Å². The van der Waals surface area contributed by atoms with E-state index < -0.39 is 29.7 Å². The summed E-state index contributed by atoms with van der Waals surface area (Å²) in [5.41, 5.74) is 1.32. The molecule has 0 radical (unpaired) electrons. The highest BCUT2D eigenvalue weighted by Crippen LogP contribution is 2.52. The molecule has 3 unspecified atom stereocenters. The van der Waals surface area contributed by atoms with Gasteiger partial charge in [0, 0.05) is 18.1 Å². The molecule has 2 heterocycles. The van der Waals surface area contributed by atoms with Gasteiger partial charge in [0.15, 0.2) is 6.10 Å². The molecule has 0 amide bonds. The van der Waals surface area contributed by atoms with E-state index in [4.69, 9.17) is 14.2 Å². The molecule has 2 aliphatic heterocycles. The van der Waals surface area contributed by atoms with Gasteiger partial charge < -0.3 is 19.3 Å². The quantitative estimate of drug-likeness (QED) is 0.627. The molecule has 0 spiro atoms. The zero-order valence-corrected chi connectivity index (χ0v) is 13.1. The molecule has 0 aliphatic carbocycles. The molecule has 3 rings (SSSR count). The maximum atomic E-state index is 12.0. The number of esters is 2. The maximum absolute atomic E-state index is 12.0. The number of carbonyl (C=O) groups is 2. The molecule has 1 N–H and O–H groups in total. The van der Waals surface area contributed by atoms with Crippen LogP contribution < -0.4 is 9.47 Å². The molecule has 6 heteroatoms. The average Bonchev–Trinajstić information content (AvgIpc) is 2.58. The fraction of sp³-hybridized carbons (Fsp3) is 0.500. The van der Waals surface area contributed by atoms with Crippen LogP contribution in [0.5, 0.6) is 11.5 Å². The summed E-state index contributed by atoms with van der Waals surface area (Å²) in [6, 6.07) is 0. The SMILES string of the molecule is CC(=O)Oc1c(C)c(C)c2c(c1C)C1OC(=O)C(C)(O2)C1O. The molecule has 2 bridgehead atoms.